The molecule has 0 bridgehead atoms. The van der Waals surface area contributed by atoms with E-state index in [9.17, 15) is 13.2 Å². The summed E-state index contributed by atoms with van der Waals surface area (Å²) >= 11 is 1.17. The molecule has 0 saturated carbocycles. The Hall–Kier alpha value is -0.0100. The van der Waals surface area contributed by atoms with Crippen LogP contribution in [0, 0.1) is 0 Å². The van der Waals surface area contributed by atoms with Crippen molar-refractivity contribution in [2.45, 2.75) is 12.2 Å². The van der Waals surface area contributed by atoms with Crippen molar-refractivity contribution in [2.75, 3.05) is 26.2 Å². The average molecular weight is 323 g/mol. The highest BCUT2D eigenvalue weighted by Crippen LogP contribution is 2.39. The van der Waals surface area contributed by atoms with Crippen molar-refractivity contribution >= 4 is 36.2 Å². The minimum atomic E-state index is -4.19. The van der Waals surface area contributed by atoms with Gasteiger partial charge in [-0.15, -0.1) is 36.2 Å². The van der Waals surface area contributed by atoms with Crippen LogP contribution in [0.3, 0.4) is 0 Å². The highest BCUT2D eigenvalue weighted by Gasteiger charge is 2.45. The Morgan fingerprint density at radius 2 is 1.83 bits per heavy atom. The third-order valence-corrected chi connectivity index (χ3v) is 3.56. The number of hydrogen-bond acceptors (Lipinski definition) is 3. The fourth-order valence-electron chi connectivity index (χ4n) is 1.94. The molecule has 1 N–H and O–H groups in total. The molecule has 1 saturated heterocycles. The quantitative estimate of drug-likeness (QED) is 0.900. The van der Waals surface area contributed by atoms with Gasteiger partial charge in [0.25, 0.3) is 0 Å². The molecule has 18 heavy (non-hydrogen) atoms. The maximum Gasteiger partial charge on any atom is 0.408 e. The molecule has 1 aliphatic heterocycles. The molecule has 0 aliphatic carbocycles. The molecule has 0 spiro atoms. The summed E-state index contributed by atoms with van der Waals surface area (Å²) in [7, 11) is 0. The predicted molar refractivity (Wildman–Crippen MR) is 72.1 cm³/mol. The lowest BCUT2D eigenvalue weighted by Gasteiger charge is -2.35. The zero-order chi connectivity index (χ0) is 11.6. The smallest absolute Gasteiger partial charge is 0.314 e. The Labute approximate surface area is 120 Å². The SMILES string of the molecule is Cl.Cl.FC(F)(F)[C@@H](c1cccs1)N1CCNCC1. The lowest BCUT2D eigenvalue weighted by atomic mass is 10.1. The van der Waals surface area contributed by atoms with E-state index < -0.39 is 12.2 Å². The predicted octanol–water partition coefficient (Wildman–Crippen LogP) is 3.10. The normalized spacial score (nSPS) is 18.6. The number of nitrogens with zero attached hydrogens (tertiary/aromatic N) is 1. The van der Waals surface area contributed by atoms with Crippen LogP contribution < -0.4 is 5.32 Å². The second kappa shape index (κ2) is 7.55. The van der Waals surface area contributed by atoms with Crippen LogP contribution in [0.1, 0.15) is 10.9 Å². The summed E-state index contributed by atoms with van der Waals surface area (Å²) in [5, 5.41) is 4.75. The topological polar surface area (TPSA) is 15.3 Å². The molecule has 1 aromatic rings. The van der Waals surface area contributed by atoms with E-state index in [0.29, 0.717) is 31.1 Å². The van der Waals surface area contributed by atoms with E-state index >= 15 is 0 Å². The molecule has 0 radical (unpaired) electrons. The van der Waals surface area contributed by atoms with Crippen molar-refractivity contribution in [3.05, 3.63) is 22.4 Å². The maximum atomic E-state index is 13.0. The van der Waals surface area contributed by atoms with Gasteiger partial charge in [0.05, 0.1) is 0 Å². The Morgan fingerprint density at radius 1 is 1.22 bits per heavy atom. The van der Waals surface area contributed by atoms with Crippen LogP contribution in [0.5, 0.6) is 0 Å². The summed E-state index contributed by atoms with van der Waals surface area (Å²) in [5.41, 5.74) is 0. The number of alkyl halides is 3. The minimum Gasteiger partial charge on any atom is -0.314 e. The molecular weight excluding hydrogens is 308 g/mol. The average Bonchev–Trinajstić information content (AvgIpc) is 2.71. The number of hydrogen-bond donors (Lipinski definition) is 1. The van der Waals surface area contributed by atoms with Gasteiger partial charge in [0.2, 0.25) is 0 Å². The first kappa shape index (κ1) is 18.0. The number of piperazine rings is 1. The third kappa shape index (κ3) is 4.28. The van der Waals surface area contributed by atoms with Gasteiger partial charge in [0.15, 0.2) is 0 Å². The van der Waals surface area contributed by atoms with Gasteiger partial charge >= 0.3 is 6.18 Å². The Bertz CT molecular complexity index is 326. The summed E-state index contributed by atoms with van der Waals surface area (Å²) in [6.45, 7) is 2.14. The van der Waals surface area contributed by atoms with E-state index in [4.69, 9.17) is 0 Å². The van der Waals surface area contributed by atoms with E-state index in [-0.39, 0.29) is 24.8 Å². The Morgan fingerprint density at radius 3 is 2.28 bits per heavy atom. The van der Waals surface area contributed by atoms with Crippen molar-refractivity contribution in [1.82, 2.24) is 10.2 Å². The first-order valence-corrected chi connectivity index (χ1v) is 6.02. The van der Waals surface area contributed by atoms with E-state index in [1.165, 1.54) is 16.2 Å². The van der Waals surface area contributed by atoms with Crippen LogP contribution in [-0.2, 0) is 0 Å². The van der Waals surface area contributed by atoms with Crippen LogP contribution in [-0.4, -0.2) is 37.3 Å². The van der Waals surface area contributed by atoms with Crippen LogP contribution >= 0.6 is 36.2 Å². The van der Waals surface area contributed by atoms with Gasteiger partial charge in [-0.05, 0) is 11.4 Å². The second-order valence-electron chi connectivity index (χ2n) is 3.75. The molecule has 1 aliphatic rings. The molecule has 1 fully saturated rings. The molecular formula is C10H15Cl2F3N2S. The van der Waals surface area contributed by atoms with E-state index in [2.05, 4.69) is 5.32 Å². The molecule has 106 valence electrons. The molecule has 2 rings (SSSR count). The van der Waals surface area contributed by atoms with Crippen molar-refractivity contribution in [3.63, 3.8) is 0 Å². The number of thiophene rings is 1. The second-order valence-corrected chi connectivity index (χ2v) is 4.72. The van der Waals surface area contributed by atoms with Gasteiger partial charge in [-0.3, -0.25) is 4.90 Å². The summed E-state index contributed by atoms with van der Waals surface area (Å²) in [4.78, 5) is 1.89. The van der Waals surface area contributed by atoms with E-state index in [1.54, 1.807) is 17.5 Å². The van der Waals surface area contributed by atoms with Gasteiger partial charge in [0, 0.05) is 31.1 Å². The standard InChI is InChI=1S/C10H13F3N2S.2ClH/c11-10(12,13)9(8-2-1-7-16-8)15-5-3-14-4-6-15;;/h1-2,7,9,14H,3-6H2;2*1H/t9-;;/m1../s1. The fraction of sp³-hybridized carbons (Fsp3) is 0.600. The van der Waals surface area contributed by atoms with Gasteiger partial charge in [-0.25, -0.2) is 0 Å². The Balaban J connectivity index is 0.00000144. The minimum absolute atomic E-state index is 0. The number of halogens is 5. The molecule has 1 aromatic heterocycles. The molecule has 8 heteroatoms. The fourth-order valence-corrected chi connectivity index (χ4v) is 2.82. The lowest BCUT2D eigenvalue weighted by molar-refractivity contribution is -0.186. The first-order chi connectivity index (χ1) is 7.59. The third-order valence-electron chi connectivity index (χ3n) is 2.64. The Kier molecular flexibility index (Phi) is 7.54. The molecule has 1 atom stereocenters. The number of rotatable bonds is 2. The molecule has 2 heterocycles. The zero-order valence-electron chi connectivity index (χ0n) is 9.44. The summed E-state index contributed by atoms with van der Waals surface area (Å²) in [6, 6.07) is 1.79. The van der Waals surface area contributed by atoms with Crippen LogP contribution in [0.4, 0.5) is 13.2 Å². The van der Waals surface area contributed by atoms with Gasteiger partial charge in [0.1, 0.15) is 6.04 Å². The molecule has 2 nitrogen and oxygen atoms in total. The van der Waals surface area contributed by atoms with E-state index in [0.717, 1.165) is 0 Å². The van der Waals surface area contributed by atoms with Gasteiger partial charge < -0.3 is 5.32 Å². The monoisotopic (exact) mass is 322 g/mol. The van der Waals surface area contributed by atoms with Crippen molar-refractivity contribution < 1.29 is 13.2 Å². The van der Waals surface area contributed by atoms with Crippen LogP contribution in [0.15, 0.2) is 17.5 Å². The first-order valence-electron chi connectivity index (χ1n) is 5.14. The summed E-state index contributed by atoms with van der Waals surface area (Å²) < 4.78 is 39.0. The zero-order valence-corrected chi connectivity index (χ0v) is 11.9. The van der Waals surface area contributed by atoms with Crippen LogP contribution in [0.2, 0.25) is 0 Å². The molecule has 0 unspecified atom stereocenters. The van der Waals surface area contributed by atoms with Crippen LogP contribution in [0.25, 0.3) is 0 Å². The maximum absolute atomic E-state index is 13.0. The van der Waals surface area contributed by atoms with Crippen molar-refractivity contribution in [1.29, 1.82) is 0 Å². The van der Waals surface area contributed by atoms with E-state index in [1.807, 2.05) is 0 Å². The largest absolute Gasteiger partial charge is 0.408 e. The molecule has 0 aromatic carbocycles. The summed E-state index contributed by atoms with van der Waals surface area (Å²) in [6.07, 6.45) is -4.19. The lowest BCUT2D eigenvalue weighted by Crippen LogP contribution is -2.48. The van der Waals surface area contributed by atoms with Gasteiger partial charge in [-0.1, -0.05) is 6.07 Å². The number of nitrogens with one attached hydrogen (secondary N) is 1. The highest BCUT2D eigenvalue weighted by molar-refractivity contribution is 7.10. The van der Waals surface area contributed by atoms with Gasteiger partial charge in [-0.2, -0.15) is 13.2 Å². The van der Waals surface area contributed by atoms with Crippen molar-refractivity contribution in [3.8, 4) is 0 Å². The molecule has 0 amide bonds. The highest BCUT2D eigenvalue weighted by atomic mass is 35.5. The summed E-state index contributed by atoms with van der Waals surface area (Å²) in [5.74, 6) is 0. The van der Waals surface area contributed by atoms with Crippen molar-refractivity contribution in [2.24, 2.45) is 0 Å².